The predicted molar refractivity (Wildman–Crippen MR) is 113 cm³/mol. The number of morpholine rings is 1. The molecule has 3 heterocycles. The van der Waals surface area contributed by atoms with Crippen LogP contribution in [0, 0.1) is 5.92 Å². The summed E-state index contributed by atoms with van der Waals surface area (Å²) in [4.78, 5) is 20.8. The number of hydrogen-bond acceptors (Lipinski definition) is 7. The van der Waals surface area contributed by atoms with Crippen LogP contribution in [0.2, 0.25) is 0 Å². The largest absolute Gasteiger partial charge is 0.374 e. The fourth-order valence-electron chi connectivity index (χ4n) is 3.85. The lowest BCUT2D eigenvalue weighted by Crippen LogP contribution is -2.52. The minimum atomic E-state index is -3.53. The summed E-state index contributed by atoms with van der Waals surface area (Å²) in [6.45, 7) is 10.5. The lowest BCUT2D eigenvalue weighted by atomic mass is 10.2. The molecule has 1 amide bonds. The second kappa shape index (κ2) is 10.6. The third kappa shape index (κ3) is 6.45. The zero-order valence-corrected chi connectivity index (χ0v) is 18.7. The molecule has 1 unspecified atom stereocenters. The van der Waals surface area contributed by atoms with Crippen molar-refractivity contribution >= 4 is 15.9 Å². The zero-order chi connectivity index (χ0) is 21.6. The average Bonchev–Trinajstić information content (AvgIpc) is 2.73. The highest BCUT2D eigenvalue weighted by atomic mass is 32.2. The first kappa shape index (κ1) is 23.1. The molecule has 0 aliphatic carbocycles. The van der Waals surface area contributed by atoms with Crippen LogP contribution in [0.15, 0.2) is 29.4 Å². The molecular weight excluding hydrogens is 406 g/mol. The maximum atomic E-state index is 12.7. The van der Waals surface area contributed by atoms with E-state index in [1.165, 1.54) is 10.5 Å². The molecule has 1 aromatic heterocycles. The number of sulfonamides is 1. The molecule has 1 N–H and O–H groups in total. The first-order valence-electron chi connectivity index (χ1n) is 10.6. The standard InChI is InChI=1S/C20H33N5O4S/c1-17(2)14-24-10-11-29-18(15-24)12-22-20(26)16-23-6-8-25(9-7-23)30(27,28)19-4-3-5-21-13-19/h3-5,13,17-18H,6-12,14-16H2,1-2H3,(H,22,26). The van der Waals surface area contributed by atoms with Crippen molar-refractivity contribution in [1.29, 1.82) is 0 Å². The Hall–Kier alpha value is -1.59. The van der Waals surface area contributed by atoms with E-state index >= 15 is 0 Å². The van der Waals surface area contributed by atoms with Crippen molar-refractivity contribution in [2.75, 3.05) is 65.5 Å². The van der Waals surface area contributed by atoms with Gasteiger partial charge in [0.25, 0.3) is 0 Å². The highest BCUT2D eigenvalue weighted by molar-refractivity contribution is 7.89. The van der Waals surface area contributed by atoms with Crippen LogP contribution in [-0.4, -0.2) is 105 Å². The van der Waals surface area contributed by atoms with Gasteiger partial charge < -0.3 is 10.1 Å². The van der Waals surface area contributed by atoms with Crippen LogP contribution in [-0.2, 0) is 19.6 Å². The SMILES string of the molecule is CC(C)CN1CCOC(CNC(=O)CN2CCN(S(=O)(=O)c3cccnc3)CC2)C1. The topological polar surface area (TPSA) is 95.1 Å². The molecule has 1 aromatic rings. The molecule has 0 saturated carbocycles. The molecule has 2 fully saturated rings. The maximum Gasteiger partial charge on any atom is 0.244 e. The van der Waals surface area contributed by atoms with E-state index in [1.54, 1.807) is 18.3 Å². The Morgan fingerprint density at radius 3 is 2.67 bits per heavy atom. The van der Waals surface area contributed by atoms with Gasteiger partial charge in [0, 0.05) is 64.8 Å². The molecule has 1 atom stereocenters. The number of aromatic nitrogens is 1. The number of ether oxygens (including phenoxy) is 1. The van der Waals surface area contributed by atoms with Crippen LogP contribution in [0.5, 0.6) is 0 Å². The number of hydrogen-bond donors (Lipinski definition) is 1. The van der Waals surface area contributed by atoms with E-state index in [2.05, 4.69) is 29.0 Å². The van der Waals surface area contributed by atoms with E-state index in [-0.39, 0.29) is 23.5 Å². The first-order chi connectivity index (χ1) is 14.3. The highest BCUT2D eigenvalue weighted by Gasteiger charge is 2.29. The van der Waals surface area contributed by atoms with Gasteiger partial charge in [0.2, 0.25) is 15.9 Å². The molecule has 168 valence electrons. The van der Waals surface area contributed by atoms with E-state index in [4.69, 9.17) is 4.74 Å². The Morgan fingerprint density at radius 2 is 2.00 bits per heavy atom. The molecule has 2 aliphatic heterocycles. The van der Waals surface area contributed by atoms with Crippen molar-refractivity contribution < 1.29 is 17.9 Å². The van der Waals surface area contributed by atoms with Crippen LogP contribution in [0.25, 0.3) is 0 Å². The Bertz CT molecular complexity index is 782. The molecule has 0 radical (unpaired) electrons. The number of carbonyl (C=O) groups excluding carboxylic acids is 1. The summed E-state index contributed by atoms with van der Waals surface area (Å²) in [5.74, 6) is 0.558. The summed E-state index contributed by atoms with van der Waals surface area (Å²) in [7, 11) is -3.53. The Kier molecular flexibility index (Phi) is 8.18. The number of carbonyl (C=O) groups is 1. The summed E-state index contributed by atoms with van der Waals surface area (Å²) in [6, 6.07) is 3.17. The third-order valence-corrected chi connectivity index (χ3v) is 7.23. The summed E-state index contributed by atoms with van der Waals surface area (Å²) in [5, 5.41) is 2.97. The van der Waals surface area contributed by atoms with Gasteiger partial charge in [0.15, 0.2) is 0 Å². The number of amides is 1. The van der Waals surface area contributed by atoms with Gasteiger partial charge in [-0.1, -0.05) is 13.8 Å². The quantitative estimate of drug-likeness (QED) is 0.602. The van der Waals surface area contributed by atoms with Crippen molar-refractivity contribution in [3.63, 3.8) is 0 Å². The van der Waals surface area contributed by atoms with Crippen molar-refractivity contribution in [2.45, 2.75) is 24.8 Å². The first-order valence-corrected chi connectivity index (χ1v) is 12.0. The fourth-order valence-corrected chi connectivity index (χ4v) is 5.24. The van der Waals surface area contributed by atoms with E-state index in [9.17, 15) is 13.2 Å². The molecule has 0 bridgehead atoms. The summed E-state index contributed by atoms with van der Waals surface area (Å²) in [6.07, 6.45) is 2.93. The lowest BCUT2D eigenvalue weighted by molar-refractivity contribution is -0.123. The fraction of sp³-hybridized carbons (Fsp3) is 0.700. The summed E-state index contributed by atoms with van der Waals surface area (Å²) < 4.78 is 32.5. The smallest absolute Gasteiger partial charge is 0.244 e. The van der Waals surface area contributed by atoms with Gasteiger partial charge in [0.05, 0.1) is 19.3 Å². The molecule has 9 nitrogen and oxygen atoms in total. The number of nitrogens with one attached hydrogen (secondary N) is 1. The van der Waals surface area contributed by atoms with Gasteiger partial charge in [-0.25, -0.2) is 8.42 Å². The van der Waals surface area contributed by atoms with Crippen molar-refractivity contribution in [3.8, 4) is 0 Å². The van der Waals surface area contributed by atoms with Crippen molar-refractivity contribution in [3.05, 3.63) is 24.5 Å². The predicted octanol–water partition coefficient (Wildman–Crippen LogP) is -0.139. The van der Waals surface area contributed by atoms with Gasteiger partial charge >= 0.3 is 0 Å². The molecular formula is C20H33N5O4S. The number of piperazine rings is 1. The third-order valence-electron chi connectivity index (χ3n) is 5.34. The van der Waals surface area contributed by atoms with Gasteiger partial charge in [-0.3, -0.25) is 19.6 Å². The van der Waals surface area contributed by atoms with Gasteiger partial charge in [-0.2, -0.15) is 4.31 Å². The molecule has 10 heteroatoms. The van der Waals surface area contributed by atoms with Gasteiger partial charge in [0.1, 0.15) is 4.90 Å². The average molecular weight is 440 g/mol. The molecule has 0 spiro atoms. The van der Waals surface area contributed by atoms with Crippen molar-refractivity contribution in [1.82, 2.24) is 24.4 Å². The van der Waals surface area contributed by atoms with Crippen LogP contribution in [0.1, 0.15) is 13.8 Å². The van der Waals surface area contributed by atoms with Crippen molar-refractivity contribution in [2.24, 2.45) is 5.92 Å². The molecule has 0 aromatic carbocycles. The number of nitrogens with zero attached hydrogens (tertiary/aromatic N) is 4. The van der Waals surface area contributed by atoms with Gasteiger partial charge in [-0.15, -0.1) is 0 Å². The Morgan fingerprint density at radius 1 is 1.23 bits per heavy atom. The van der Waals surface area contributed by atoms with E-state index < -0.39 is 10.0 Å². The van der Waals surface area contributed by atoms with Gasteiger partial charge in [-0.05, 0) is 18.1 Å². The normalized spacial score (nSPS) is 22.3. The number of pyridine rings is 1. The monoisotopic (exact) mass is 439 g/mol. The molecule has 2 aliphatic rings. The maximum absolute atomic E-state index is 12.7. The van der Waals surface area contributed by atoms with Crippen LogP contribution >= 0.6 is 0 Å². The summed E-state index contributed by atoms with van der Waals surface area (Å²) >= 11 is 0. The Labute approximate surface area is 179 Å². The van der Waals surface area contributed by atoms with E-state index in [0.717, 1.165) is 19.6 Å². The minimum Gasteiger partial charge on any atom is -0.374 e. The minimum absolute atomic E-state index is 0.0166. The Balaban J connectivity index is 1.39. The van der Waals surface area contributed by atoms with E-state index in [1.807, 2.05) is 4.90 Å². The lowest BCUT2D eigenvalue weighted by Gasteiger charge is -2.35. The van der Waals surface area contributed by atoms with E-state index in [0.29, 0.717) is 45.2 Å². The second-order valence-electron chi connectivity index (χ2n) is 8.32. The molecule has 30 heavy (non-hydrogen) atoms. The molecule has 3 rings (SSSR count). The highest BCUT2D eigenvalue weighted by Crippen LogP contribution is 2.16. The zero-order valence-electron chi connectivity index (χ0n) is 17.9. The van der Waals surface area contributed by atoms with Crippen LogP contribution in [0.4, 0.5) is 0 Å². The van der Waals surface area contributed by atoms with Crippen LogP contribution in [0.3, 0.4) is 0 Å². The van der Waals surface area contributed by atoms with Crippen LogP contribution < -0.4 is 5.32 Å². The number of rotatable bonds is 8. The second-order valence-corrected chi connectivity index (χ2v) is 10.3. The molecule has 2 saturated heterocycles. The summed E-state index contributed by atoms with van der Waals surface area (Å²) in [5.41, 5.74) is 0.